The van der Waals surface area contributed by atoms with Gasteiger partial charge in [0.25, 0.3) is 0 Å². The number of hydrogen-bond donors (Lipinski definition) is 3. The van der Waals surface area contributed by atoms with Crippen LogP contribution in [-0.2, 0) is 0 Å². The topological polar surface area (TPSA) is 96.2 Å². The molecule has 23 heavy (non-hydrogen) atoms. The number of aromatic hydroxyl groups is 2. The van der Waals surface area contributed by atoms with Crippen molar-refractivity contribution in [3.8, 4) is 23.0 Å². The highest BCUT2D eigenvalue weighted by molar-refractivity contribution is 6.05. The van der Waals surface area contributed by atoms with Gasteiger partial charge < -0.3 is 24.8 Å². The van der Waals surface area contributed by atoms with Crippen LogP contribution in [0.4, 0.5) is 0 Å². The molecule has 0 spiro atoms. The molecule has 2 atom stereocenters. The first-order valence-electron chi connectivity index (χ1n) is 7.07. The van der Waals surface area contributed by atoms with Crippen molar-refractivity contribution in [1.29, 1.82) is 0 Å². The molecule has 1 aliphatic heterocycles. The lowest BCUT2D eigenvalue weighted by Gasteiger charge is -2.28. The summed E-state index contributed by atoms with van der Waals surface area (Å²) in [6.45, 7) is -0.0485. The van der Waals surface area contributed by atoms with Gasteiger partial charge in [-0.3, -0.25) is 4.79 Å². The van der Waals surface area contributed by atoms with Gasteiger partial charge in [0.05, 0.1) is 19.1 Å². The maximum absolute atomic E-state index is 12.7. The molecule has 0 amide bonds. The normalized spacial score (nSPS) is 18.0. The molecule has 2 aromatic rings. The monoisotopic (exact) mass is 316 g/mol. The maximum Gasteiger partial charge on any atom is 0.203 e. The predicted molar refractivity (Wildman–Crippen MR) is 81.0 cm³/mol. The Kier molecular flexibility index (Phi) is 3.83. The number of aliphatic hydroxyl groups is 1. The lowest BCUT2D eigenvalue weighted by molar-refractivity contribution is 0.0474. The molecule has 0 bridgehead atoms. The molecule has 0 saturated carbocycles. The van der Waals surface area contributed by atoms with E-state index in [0.29, 0.717) is 5.56 Å². The molecular formula is C17H16O6. The molecule has 0 aliphatic carbocycles. The van der Waals surface area contributed by atoms with Crippen LogP contribution in [0.15, 0.2) is 36.4 Å². The number of aliphatic hydroxyl groups excluding tert-OH is 1. The van der Waals surface area contributed by atoms with Gasteiger partial charge in [-0.15, -0.1) is 0 Å². The van der Waals surface area contributed by atoms with E-state index in [4.69, 9.17) is 9.47 Å². The van der Waals surface area contributed by atoms with Gasteiger partial charge in [0.15, 0.2) is 17.3 Å². The summed E-state index contributed by atoms with van der Waals surface area (Å²) in [7, 11) is 1.27. The molecule has 120 valence electrons. The molecular weight excluding hydrogens is 300 g/mol. The zero-order valence-electron chi connectivity index (χ0n) is 12.4. The van der Waals surface area contributed by atoms with Gasteiger partial charge in [-0.2, -0.15) is 0 Å². The van der Waals surface area contributed by atoms with E-state index >= 15 is 0 Å². The second kappa shape index (κ2) is 5.81. The molecule has 6 nitrogen and oxygen atoms in total. The molecule has 2 aromatic carbocycles. The number of Topliss-reactive ketones (excluding diaryl/α,β-unsaturated/α-hetero) is 1. The number of methoxy groups -OCH3 is 1. The number of ether oxygens (including phenoxy) is 2. The molecule has 0 fully saturated rings. The molecule has 0 saturated heterocycles. The molecule has 0 radical (unpaired) electrons. The predicted octanol–water partition coefficient (Wildman–Crippen LogP) is 2.03. The molecule has 3 rings (SSSR count). The van der Waals surface area contributed by atoms with Gasteiger partial charge in [-0.25, -0.2) is 0 Å². The van der Waals surface area contributed by atoms with Gasteiger partial charge in [0, 0.05) is 6.07 Å². The van der Waals surface area contributed by atoms with E-state index in [1.807, 2.05) is 6.07 Å². The third kappa shape index (κ3) is 2.47. The minimum absolute atomic E-state index is 0.0485. The highest BCUT2D eigenvalue weighted by atomic mass is 16.5. The fourth-order valence-electron chi connectivity index (χ4n) is 2.72. The summed E-state index contributed by atoms with van der Waals surface area (Å²) in [4.78, 5) is 12.7. The summed E-state index contributed by atoms with van der Waals surface area (Å²) >= 11 is 0. The Bertz CT molecular complexity index is 740. The van der Waals surface area contributed by atoms with Crippen molar-refractivity contribution in [3.63, 3.8) is 0 Å². The van der Waals surface area contributed by atoms with Crippen LogP contribution in [0, 0.1) is 5.92 Å². The Morgan fingerprint density at radius 3 is 2.61 bits per heavy atom. The maximum atomic E-state index is 12.7. The summed E-state index contributed by atoms with van der Waals surface area (Å²) in [6.07, 6.45) is -1.06. The lowest BCUT2D eigenvalue weighted by atomic mass is 9.86. The summed E-state index contributed by atoms with van der Waals surface area (Å²) in [5, 5.41) is 30.4. The SMILES string of the molecule is COc1c(O)cc2c(c1O)C(=O)[C@H]([C@@H](O)c1ccccc1)CO2. The standard InChI is InChI=1S/C17H16O6/c1-22-17-11(18)7-12-13(16(17)21)15(20)10(8-23-12)14(19)9-5-3-2-4-6-9/h2-7,10,14,18-19,21H,8H2,1H3/t10-,14-/m0/s1. The van der Waals surface area contributed by atoms with Crippen molar-refractivity contribution < 1.29 is 29.6 Å². The molecule has 3 N–H and O–H groups in total. The minimum atomic E-state index is -1.06. The van der Waals surface area contributed by atoms with E-state index in [1.54, 1.807) is 24.3 Å². The zero-order valence-corrected chi connectivity index (χ0v) is 12.4. The van der Waals surface area contributed by atoms with Crippen molar-refractivity contribution >= 4 is 5.78 Å². The van der Waals surface area contributed by atoms with E-state index < -0.39 is 23.6 Å². The van der Waals surface area contributed by atoms with Crippen molar-refractivity contribution in [2.45, 2.75) is 6.10 Å². The van der Waals surface area contributed by atoms with Crippen molar-refractivity contribution in [2.24, 2.45) is 5.92 Å². The lowest BCUT2D eigenvalue weighted by Crippen LogP contribution is -2.32. The highest BCUT2D eigenvalue weighted by Crippen LogP contribution is 2.47. The fourth-order valence-corrected chi connectivity index (χ4v) is 2.72. The molecule has 0 aromatic heterocycles. The number of phenols is 2. The first kappa shape index (κ1) is 15.2. The number of phenolic OH excluding ortho intramolecular Hbond substituents is 2. The van der Waals surface area contributed by atoms with Crippen molar-refractivity contribution in [1.82, 2.24) is 0 Å². The van der Waals surface area contributed by atoms with Crippen molar-refractivity contribution in [2.75, 3.05) is 13.7 Å². The van der Waals surface area contributed by atoms with E-state index in [0.717, 1.165) is 0 Å². The van der Waals surface area contributed by atoms with Crippen molar-refractivity contribution in [3.05, 3.63) is 47.5 Å². The summed E-state index contributed by atoms with van der Waals surface area (Å²) in [6, 6.07) is 9.98. The Morgan fingerprint density at radius 2 is 1.96 bits per heavy atom. The number of carbonyl (C=O) groups is 1. The number of benzene rings is 2. The summed E-state index contributed by atoms with van der Waals surface area (Å²) in [5.41, 5.74) is 0.494. The van der Waals surface area contributed by atoms with E-state index in [2.05, 4.69) is 0 Å². The minimum Gasteiger partial charge on any atom is -0.504 e. The molecule has 6 heteroatoms. The van der Waals surface area contributed by atoms with Crippen LogP contribution in [0.5, 0.6) is 23.0 Å². The van der Waals surface area contributed by atoms with Crippen LogP contribution in [-0.4, -0.2) is 34.8 Å². The van der Waals surface area contributed by atoms with Gasteiger partial charge >= 0.3 is 0 Å². The number of carbonyl (C=O) groups excluding carboxylic acids is 1. The fraction of sp³-hybridized carbons (Fsp3) is 0.235. The van der Waals surface area contributed by atoms with Gasteiger partial charge in [0.2, 0.25) is 5.75 Å². The molecule has 1 aliphatic rings. The summed E-state index contributed by atoms with van der Waals surface area (Å²) in [5.74, 6) is -2.25. The van der Waals surface area contributed by atoms with Crippen LogP contribution >= 0.6 is 0 Å². The van der Waals surface area contributed by atoms with Crippen LogP contribution in [0.2, 0.25) is 0 Å². The Morgan fingerprint density at radius 1 is 1.26 bits per heavy atom. The summed E-state index contributed by atoms with van der Waals surface area (Å²) < 4.78 is 10.4. The third-order valence-electron chi connectivity index (χ3n) is 3.93. The van der Waals surface area contributed by atoms with Gasteiger partial charge in [-0.05, 0) is 5.56 Å². The average Bonchev–Trinajstić information content (AvgIpc) is 2.55. The van der Waals surface area contributed by atoms with Gasteiger partial charge in [0.1, 0.15) is 17.9 Å². The first-order valence-corrected chi connectivity index (χ1v) is 7.07. The quantitative estimate of drug-likeness (QED) is 0.802. The molecule has 1 heterocycles. The van der Waals surface area contributed by atoms with Crippen LogP contribution in [0.25, 0.3) is 0 Å². The second-order valence-corrected chi connectivity index (χ2v) is 5.29. The van der Waals surface area contributed by atoms with Crippen LogP contribution in [0.1, 0.15) is 22.0 Å². The van der Waals surface area contributed by atoms with E-state index in [1.165, 1.54) is 13.2 Å². The third-order valence-corrected chi connectivity index (χ3v) is 3.93. The first-order chi connectivity index (χ1) is 11.0. The Balaban J connectivity index is 2.01. The Hall–Kier alpha value is -2.73. The number of ketones is 1. The number of fused-ring (bicyclic) bond motifs is 1. The molecule has 0 unspecified atom stereocenters. The van der Waals surface area contributed by atoms with E-state index in [9.17, 15) is 20.1 Å². The smallest absolute Gasteiger partial charge is 0.203 e. The van der Waals surface area contributed by atoms with E-state index in [-0.39, 0.29) is 29.4 Å². The number of rotatable bonds is 3. The second-order valence-electron chi connectivity index (χ2n) is 5.29. The number of hydrogen-bond acceptors (Lipinski definition) is 6. The highest BCUT2D eigenvalue weighted by Gasteiger charge is 2.38. The average molecular weight is 316 g/mol. The largest absolute Gasteiger partial charge is 0.504 e. The van der Waals surface area contributed by atoms with Gasteiger partial charge in [-0.1, -0.05) is 30.3 Å². The zero-order chi connectivity index (χ0) is 16.6. The van der Waals surface area contributed by atoms with Crippen LogP contribution < -0.4 is 9.47 Å². The Labute approximate surface area is 132 Å². The van der Waals surface area contributed by atoms with Crippen LogP contribution in [0.3, 0.4) is 0 Å².